The highest BCUT2D eigenvalue weighted by Gasteiger charge is 2.10. The first-order valence-corrected chi connectivity index (χ1v) is 7.21. The minimum absolute atomic E-state index is 0.102. The maximum absolute atomic E-state index is 11.9. The standard InChI is InChI=1S/C14H13N5O2S/c1-21-11-5-3-2-4-10(11)18-12(20)8-22-14-17-7-9(6-15)13(16)19-14/h2-5,7H,8H2,1H3,(H,18,20)(H2,16,17,19). The fourth-order valence-electron chi connectivity index (χ4n) is 1.60. The van der Waals surface area contributed by atoms with Crippen LogP contribution in [0, 0.1) is 11.3 Å². The van der Waals surface area contributed by atoms with Crippen LogP contribution in [-0.2, 0) is 4.79 Å². The highest BCUT2D eigenvalue weighted by atomic mass is 32.2. The maximum Gasteiger partial charge on any atom is 0.234 e. The number of nitriles is 1. The van der Waals surface area contributed by atoms with E-state index in [4.69, 9.17) is 15.7 Å². The SMILES string of the molecule is COc1ccccc1NC(=O)CSc1ncc(C#N)c(N)n1. The number of nitrogens with zero attached hydrogens (tertiary/aromatic N) is 3. The summed E-state index contributed by atoms with van der Waals surface area (Å²) >= 11 is 1.13. The Kier molecular flexibility index (Phi) is 5.16. The lowest BCUT2D eigenvalue weighted by Crippen LogP contribution is -2.15. The normalized spacial score (nSPS) is 9.82. The summed E-state index contributed by atoms with van der Waals surface area (Å²) in [7, 11) is 1.53. The third kappa shape index (κ3) is 3.86. The number of rotatable bonds is 5. The van der Waals surface area contributed by atoms with Crippen LogP contribution in [0.3, 0.4) is 0 Å². The van der Waals surface area contributed by atoms with E-state index in [1.807, 2.05) is 12.1 Å². The Balaban J connectivity index is 1.96. The van der Waals surface area contributed by atoms with Gasteiger partial charge in [0.1, 0.15) is 23.2 Å². The number of nitrogen functional groups attached to an aromatic ring is 1. The molecule has 2 rings (SSSR count). The fraction of sp³-hybridized carbons (Fsp3) is 0.143. The number of carbonyl (C=O) groups excluding carboxylic acids is 1. The molecule has 0 aliphatic heterocycles. The summed E-state index contributed by atoms with van der Waals surface area (Å²) in [5, 5.41) is 11.8. The number of nitrogens with one attached hydrogen (secondary N) is 1. The molecular formula is C14H13N5O2S. The molecule has 0 atom stereocenters. The van der Waals surface area contributed by atoms with Gasteiger partial charge in [0, 0.05) is 0 Å². The van der Waals surface area contributed by atoms with Gasteiger partial charge in [-0.15, -0.1) is 0 Å². The Labute approximate surface area is 131 Å². The molecular weight excluding hydrogens is 302 g/mol. The van der Waals surface area contributed by atoms with E-state index in [1.165, 1.54) is 13.3 Å². The van der Waals surface area contributed by atoms with Crippen molar-refractivity contribution >= 4 is 29.2 Å². The lowest BCUT2D eigenvalue weighted by molar-refractivity contribution is -0.113. The number of methoxy groups -OCH3 is 1. The van der Waals surface area contributed by atoms with Gasteiger partial charge in [0.2, 0.25) is 5.91 Å². The number of aromatic nitrogens is 2. The molecule has 22 heavy (non-hydrogen) atoms. The first-order chi connectivity index (χ1) is 10.6. The van der Waals surface area contributed by atoms with E-state index in [0.717, 1.165) is 11.8 Å². The second-order valence-electron chi connectivity index (χ2n) is 4.10. The molecule has 0 fully saturated rings. The molecule has 0 unspecified atom stereocenters. The minimum Gasteiger partial charge on any atom is -0.495 e. The molecule has 0 radical (unpaired) electrons. The van der Waals surface area contributed by atoms with Gasteiger partial charge in [-0.25, -0.2) is 9.97 Å². The van der Waals surface area contributed by atoms with Crippen LogP contribution in [0.5, 0.6) is 5.75 Å². The molecule has 8 heteroatoms. The van der Waals surface area contributed by atoms with Crippen molar-refractivity contribution in [2.75, 3.05) is 23.9 Å². The molecule has 0 spiro atoms. The van der Waals surface area contributed by atoms with Crippen LogP contribution in [0.1, 0.15) is 5.56 Å². The summed E-state index contributed by atoms with van der Waals surface area (Å²) in [6.45, 7) is 0. The van der Waals surface area contributed by atoms with Gasteiger partial charge in [-0.1, -0.05) is 23.9 Å². The molecule has 0 aliphatic carbocycles. The third-order valence-corrected chi connectivity index (χ3v) is 3.49. The number of thioether (sulfide) groups is 1. The maximum atomic E-state index is 11.9. The fourth-order valence-corrected chi connectivity index (χ4v) is 2.22. The van der Waals surface area contributed by atoms with Crippen LogP contribution < -0.4 is 15.8 Å². The second kappa shape index (κ2) is 7.28. The molecule has 1 amide bonds. The first kappa shape index (κ1) is 15.6. The van der Waals surface area contributed by atoms with Crippen molar-refractivity contribution in [3.05, 3.63) is 36.0 Å². The van der Waals surface area contributed by atoms with Gasteiger partial charge in [-0.3, -0.25) is 4.79 Å². The van der Waals surface area contributed by atoms with Crippen molar-refractivity contribution in [2.24, 2.45) is 0 Å². The Morgan fingerprint density at radius 3 is 2.95 bits per heavy atom. The van der Waals surface area contributed by atoms with E-state index in [9.17, 15) is 4.79 Å². The van der Waals surface area contributed by atoms with Crippen molar-refractivity contribution in [2.45, 2.75) is 5.16 Å². The quantitative estimate of drug-likeness (QED) is 0.637. The van der Waals surface area contributed by atoms with E-state index >= 15 is 0 Å². The number of hydrogen-bond acceptors (Lipinski definition) is 7. The number of amides is 1. The first-order valence-electron chi connectivity index (χ1n) is 6.22. The van der Waals surface area contributed by atoms with Crippen LogP contribution >= 0.6 is 11.8 Å². The van der Waals surface area contributed by atoms with Gasteiger partial charge in [0.25, 0.3) is 0 Å². The largest absolute Gasteiger partial charge is 0.495 e. The highest BCUT2D eigenvalue weighted by Crippen LogP contribution is 2.23. The Bertz CT molecular complexity index is 729. The number of benzene rings is 1. The van der Waals surface area contributed by atoms with Crippen molar-refractivity contribution in [1.29, 1.82) is 5.26 Å². The zero-order chi connectivity index (χ0) is 15.9. The number of anilines is 2. The molecule has 1 aromatic heterocycles. The topological polar surface area (TPSA) is 114 Å². The molecule has 112 valence electrons. The molecule has 0 aliphatic rings. The van der Waals surface area contributed by atoms with Crippen molar-refractivity contribution in [3.63, 3.8) is 0 Å². The van der Waals surface area contributed by atoms with Crippen LogP contribution in [-0.4, -0.2) is 28.7 Å². The van der Waals surface area contributed by atoms with E-state index < -0.39 is 0 Å². The van der Waals surface area contributed by atoms with Crippen molar-refractivity contribution < 1.29 is 9.53 Å². The van der Waals surface area contributed by atoms with Crippen LogP contribution in [0.15, 0.2) is 35.6 Å². The van der Waals surface area contributed by atoms with Gasteiger partial charge >= 0.3 is 0 Å². The monoisotopic (exact) mass is 315 g/mol. The van der Waals surface area contributed by atoms with E-state index in [0.29, 0.717) is 16.6 Å². The van der Waals surface area contributed by atoms with Gasteiger partial charge < -0.3 is 15.8 Å². The Hall–Kier alpha value is -2.79. The average Bonchev–Trinajstić information content (AvgIpc) is 2.53. The predicted molar refractivity (Wildman–Crippen MR) is 83.5 cm³/mol. The number of para-hydroxylation sites is 2. The number of hydrogen-bond donors (Lipinski definition) is 2. The van der Waals surface area contributed by atoms with Gasteiger partial charge in [0.05, 0.1) is 24.7 Å². The summed E-state index contributed by atoms with van der Waals surface area (Å²) < 4.78 is 5.16. The molecule has 0 saturated heterocycles. The van der Waals surface area contributed by atoms with E-state index in [-0.39, 0.29) is 23.0 Å². The number of ether oxygens (including phenoxy) is 1. The summed E-state index contributed by atoms with van der Waals surface area (Å²) in [6.07, 6.45) is 1.34. The zero-order valence-corrected chi connectivity index (χ0v) is 12.6. The Morgan fingerprint density at radius 2 is 2.27 bits per heavy atom. The average molecular weight is 315 g/mol. The van der Waals surface area contributed by atoms with E-state index in [1.54, 1.807) is 18.2 Å². The molecule has 2 aromatic rings. The van der Waals surface area contributed by atoms with Crippen molar-refractivity contribution in [1.82, 2.24) is 9.97 Å². The molecule has 7 nitrogen and oxygen atoms in total. The molecule has 1 aromatic carbocycles. The molecule has 0 saturated carbocycles. The third-order valence-electron chi connectivity index (χ3n) is 2.63. The lowest BCUT2D eigenvalue weighted by atomic mass is 10.3. The summed E-state index contributed by atoms with van der Waals surface area (Å²) in [5.41, 5.74) is 6.40. The minimum atomic E-state index is -0.221. The highest BCUT2D eigenvalue weighted by molar-refractivity contribution is 7.99. The van der Waals surface area contributed by atoms with Gasteiger partial charge in [-0.2, -0.15) is 5.26 Å². The van der Waals surface area contributed by atoms with Gasteiger partial charge in [-0.05, 0) is 12.1 Å². The summed E-state index contributed by atoms with van der Waals surface area (Å²) in [5.74, 6) is 0.578. The Morgan fingerprint density at radius 1 is 1.50 bits per heavy atom. The molecule has 3 N–H and O–H groups in total. The zero-order valence-electron chi connectivity index (χ0n) is 11.7. The van der Waals surface area contributed by atoms with E-state index in [2.05, 4.69) is 15.3 Å². The molecule has 0 bridgehead atoms. The predicted octanol–water partition coefficient (Wildman–Crippen LogP) is 1.67. The number of nitrogens with two attached hydrogens (primary N) is 1. The number of carbonyl (C=O) groups is 1. The van der Waals surface area contributed by atoms with Crippen LogP contribution in [0.4, 0.5) is 11.5 Å². The summed E-state index contributed by atoms with van der Waals surface area (Å²) in [6, 6.07) is 9.00. The van der Waals surface area contributed by atoms with Crippen molar-refractivity contribution in [3.8, 4) is 11.8 Å². The smallest absolute Gasteiger partial charge is 0.234 e. The lowest BCUT2D eigenvalue weighted by Gasteiger charge is -2.09. The summed E-state index contributed by atoms with van der Waals surface area (Å²) in [4.78, 5) is 19.9. The molecule has 1 heterocycles. The van der Waals surface area contributed by atoms with Gasteiger partial charge in [0.15, 0.2) is 5.16 Å². The van der Waals surface area contributed by atoms with Crippen LogP contribution in [0.2, 0.25) is 0 Å². The van der Waals surface area contributed by atoms with Crippen LogP contribution in [0.25, 0.3) is 0 Å². The second-order valence-corrected chi connectivity index (χ2v) is 5.04.